The first kappa shape index (κ1) is 9.66. The van der Waals surface area contributed by atoms with Gasteiger partial charge in [0.15, 0.2) is 0 Å². The monoisotopic (exact) mass is 190 g/mol. The van der Waals surface area contributed by atoms with E-state index in [9.17, 15) is 0 Å². The van der Waals surface area contributed by atoms with Crippen LogP contribution in [0.4, 0.5) is 0 Å². The Balaban J connectivity index is 2.06. The van der Waals surface area contributed by atoms with E-state index in [1.165, 1.54) is 18.4 Å². The highest BCUT2D eigenvalue weighted by molar-refractivity contribution is 5.16. The van der Waals surface area contributed by atoms with Crippen LogP contribution in [0.25, 0.3) is 0 Å². The number of pyridine rings is 1. The maximum Gasteiger partial charge on any atom is 0.0372 e. The van der Waals surface area contributed by atoms with Crippen LogP contribution < -0.4 is 5.32 Å². The molecule has 0 amide bonds. The van der Waals surface area contributed by atoms with E-state index in [1.807, 2.05) is 13.1 Å². The van der Waals surface area contributed by atoms with Crippen LogP contribution in [0.3, 0.4) is 0 Å². The molecule has 0 saturated carbocycles. The molecule has 1 unspecified atom stereocenters. The van der Waals surface area contributed by atoms with E-state index in [2.05, 4.69) is 29.4 Å². The van der Waals surface area contributed by atoms with Crippen LogP contribution >= 0.6 is 0 Å². The van der Waals surface area contributed by atoms with Crippen molar-refractivity contribution in [3.05, 3.63) is 29.6 Å². The number of nitrogens with zero attached hydrogens (tertiary/aromatic N) is 1. The number of aromatic nitrogens is 1. The van der Waals surface area contributed by atoms with E-state index in [-0.39, 0.29) is 0 Å². The molecule has 0 bridgehead atoms. The fraction of sp³-hybridized carbons (Fsp3) is 0.583. The lowest BCUT2D eigenvalue weighted by Gasteiger charge is -2.24. The van der Waals surface area contributed by atoms with Crippen LogP contribution in [0.5, 0.6) is 0 Å². The predicted molar refractivity (Wildman–Crippen MR) is 58.3 cm³/mol. The molecule has 1 aromatic heterocycles. The van der Waals surface area contributed by atoms with Gasteiger partial charge >= 0.3 is 0 Å². The van der Waals surface area contributed by atoms with E-state index in [0.717, 1.165) is 18.7 Å². The van der Waals surface area contributed by atoms with Gasteiger partial charge in [0.25, 0.3) is 0 Å². The standard InChI is InChI=1S/C12H18N2/c1-10-4-5-11(9-13-10)8-12(2)6-3-7-14-12/h4-5,9,14H,3,6-8H2,1-2H3. The lowest BCUT2D eigenvalue weighted by Crippen LogP contribution is -2.38. The van der Waals surface area contributed by atoms with Crippen molar-refractivity contribution in [3.63, 3.8) is 0 Å². The number of rotatable bonds is 2. The SMILES string of the molecule is Cc1ccc(CC2(C)CCCN2)cn1. The molecular formula is C12H18N2. The highest BCUT2D eigenvalue weighted by Crippen LogP contribution is 2.22. The zero-order valence-corrected chi connectivity index (χ0v) is 9.01. The fourth-order valence-corrected chi connectivity index (χ4v) is 2.16. The highest BCUT2D eigenvalue weighted by atomic mass is 15.0. The molecule has 2 rings (SSSR count). The highest BCUT2D eigenvalue weighted by Gasteiger charge is 2.27. The number of aryl methyl sites for hydroxylation is 1. The third-order valence-electron chi connectivity index (χ3n) is 3.02. The summed E-state index contributed by atoms with van der Waals surface area (Å²) in [7, 11) is 0. The largest absolute Gasteiger partial charge is 0.311 e. The Morgan fingerprint density at radius 3 is 2.93 bits per heavy atom. The molecule has 1 saturated heterocycles. The molecule has 0 radical (unpaired) electrons. The second kappa shape index (κ2) is 3.70. The minimum atomic E-state index is 0.303. The Morgan fingerprint density at radius 1 is 1.50 bits per heavy atom. The molecule has 2 heterocycles. The second-order valence-corrected chi connectivity index (χ2v) is 4.58. The maximum absolute atomic E-state index is 4.32. The first-order valence-corrected chi connectivity index (χ1v) is 5.35. The van der Waals surface area contributed by atoms with Crippen molar-refractivity contribution in [1.82, 2.24) is 10.3 Å². The molecule has 0 aromatic carbocycles. The third-order valence-corrected chi connectivity index (χ3v) is 3.02. The number of hydrogen-bond donors (Lipinski definition) is 1. The summed E-state index contributed by atoms with van der Waals surface area (Å²) in [6, 6.07) is 4.28. The van der Waals surface area contributed by atoms with E-state index in [0.29, 0.717) is 5.54 Å². The van der Waals surface area contributed by atoms with Crippen molar-refractivity contribution in [2.24, 2.45) is 0 Å². The smallest absolute Gasteiger partial charge is 0.0372 e. The van der Waals surface area contributed by atoms with Crippen molar-refractivity contribution in [3.8, 4) is 0 Å². The van der Waals surface area contributed by atoms with Crippen LogP contribution in [0, 0.1) is 6.92 Å². The van der Waals surface area contributed by atoms with Crippen LogP contribution in [-0.4, -0.2) is 17.1 Å². The van der Waals surface area contributed by atoms with Gasteiger partial charge in [-0.25, -0.2) is 0 Å². The zero-order valence-electron chi connectivity index (χ0n) is 9.01. The summed E-state index contributed by atoms with van der Waals surface area (Å²) < 4.78 is 0. The average molecular weight is 190 g/mol. The zero-order chi connectivity index (χ0) is 10.0. The van der Waals surface area contributed by atoms with Crippen LogP contribution in [0.15, 0.2) is 18.3 Å². The number of hydrogen-bond acceptors (Lipinski definition) is 2. The molecule has 2 heteroatoms. The summed E-state index contributed by atoms with van der Waals surface area (Å²) in [6.07, 6.45) is 5.68. The van der Waals surface area contributed by atoms with Gasteiger partial charge in [0.05, 0.1) is 0 Å². The van der Waals surface area contributed by atoms with Crippen LogP contribution in [-0.2, 0) is 6.42 Å². The fourth-order valence-electron chi connectivity index (χ4n) is 2.16. The third kappa shape index (κ3) is 2.13. The summed E-state index contributed by atoms with van der Waals surface area (Å²) in [5.41, 5.74) is 2.74. The Bertz CT molecular complexity index is 297. The summed E-state index contributed by atoms with van der Waals surface area (Å²) >= 11 is 0. The van der Waals surface area contributed by atoms with Gasteiger partial charge in [0, 0.05) is 17.4 Å². The van der Waals surface area contributed by atoms with Gasteiger partial charge < -0.3 is 5.32 Å². The van der Waals surface area contributed by atoms with Crippen molar-refractivity contribution in [2.45, 2.75) is 38.6 Å². The molecule has 1 aromatic rings. The molecule has 1 fully saturated rings. The normalized spacial score (nSPS) is 26.7. The summed E-state index contributed by atoms with van der Waals surface area (Å²) in [5.74, 6) is 0. The van der Waals surface area contributed by atoms with E-state index < -0.39 is 0 Å². The summed E-state index contributed by atoms with van der Waals surface area (Å²) in [5, 5.41) is 3.57. The Morgan fingerprint density at radius 2 is 2.36 bits per heavy atom. The van der Waals surface area contributed by atoms with Gasteiger partial charge in [-0.2, -0.15) is 0 Å². The summed E-state index contributed by atoms with van der Waals surface area (Å²) in [6.45, 7) is 5.50. The number of nitrogens with one attached hydrogen (secondary N) is 1. The van der Waals surface area contributed by atoms with Gasteiger partial charge in [-0.1, -0.05) is 6.07 Å². The van der Waals surface area contributed by atoms with E-state index in [4.69, 9.17) is 0 Å². The molecule has 2 nitrogen and oxygen atoms in total. The van der Waals surface area contributed by atoms with Gasteiger partial charge in [-0.05, 0) is 51.3 Å². The molecule has 0 spiro atoms. The topological polar surface area (TPSA) is 24.9 Å². The predicted octanol–water partition coefficient (Wildman–Crippen LogP) is 2.07. The van der Waals surface area contributed by atoms with E-state index >= 15 is 0 Å². The van der Waals surface area contributed by atoms with Crippen molar-refractivity contribution in [1.29, 1.82) is 0 Å². The molecule has 76 valence electrons. The Labute approximate surface area is 85.7 Å². The summed E-state index contributed by atoms with van der Waals surface area (Å²) in [4.78, 5) is 4.32. The van der Waals surface area contributed by atoms with Crippen LogP contribution in [0.2, 0.25) is 0 Å². The van der Waals surface area contributed by atoms with Gasteiger partial charge in [-0.3, -0.25) is 4.98 Å². The van der Waals surface area contributed by atoms with Gasteiger partial charge in [0.1, 0.15) is 0 Å². The molecular weight excluding hydrogens is 172 g/mol. The molecule has 1 aliphatic heterocycles. The lowest BCUT2D eigenvalue weighted by atomic mass is 9.92. The molecule has 14 heavy (non-hydrogen) atoms. The van der Waals surface area contributed by atoms with Gasteiger partial charge in [0.2, 0.25) is 0 Å². The maximum atomic E-state index is 4.32. The van der Waals surface area contributed by atoms with Crippen molar-refractivity contribution < 1.29 is 0 Å². The average Bonchev–Trinajstić information content (AvgIpc) is 2.57. The van der Waals surface area contributed by atoms with Crippen molar-refractivity contribution >= 4 is 0 Å². The first-order valence-electron chi connectivity index (χ1n) is 5.35. The van der Waals surface area contributed by atoms with Crippen LogP contribution in [0.1, 0.15) is 31.0 Å². The second-order valence-electron chi connectivity index (χ2n) is 4.58. The Kier molecular flexibility index (Phi) is 2.55. The molecule has 1 aliphatic rings. The molecule has 0 aliphatic carbocycles. The minimum Gasteiger partial charge on any atom is -0.311 e. The Hall–Kier alpha value is -0.890. The molecule has 1 atom stereocenters. The lowest BCUT2D eigenvalue weighted by molar-refractivity contribution is 0.412. The molecule has 1 N–H and O–H groups in total. The minimum absolute atomic E-state index is 0.303. The van der Waals surface area contributed by atoms with Crippen molar-refractivity contribution in [2.75, 3.05) is 6.54 Å². The quantitative estimate of drug-likeness (QED) is 0.772. The first-order chi connectivity index (χ1) is 6.68. The van der Waals surface area contributed by atoms with Gasteiger partial charge in [-0.15, -0.1) is 0 Å². The van der Waals surface area contributed by atoms with E-state index in [1.54, 1.807) is 0 Å².